The van der Waals surface area contributed by atoms with Crippen LogP contribution in [0.15, 0.2) is 0 Å². The van der Waals surface area contributed by atoms with Gasteiger partial charge in [-0.2, -0.15) is 0 Å². The number of hydrogen-bond donors (Lipinski definition) is 1. The molecule has 0 spiro atoms. The Labute approximate surface area is 84.8 Å². The second-order valence-corrected chi connectivity index (χ2v) is 3.92. The third-order valence-electron chi connectivity index (χ3n) is 3.01. The average Bonchev–Trinajstić information content (AvgIpc) is 2.62. The van der Waals surface area contributed by atoms with Crippen molar-refractivity contribution >= 4 is 5.97 Å². The third-order valence-corrected chi connectivity index (χ3v) is 3.01. The van der Waals surface area contributed by atoms with Gasteiger partial charge in [0.25, 0.3) is 0 Å². The Morgan fingerprint density at radius 3 is 2.86 bits per heavy atom. The number of likely N-dealkylation sites (N-methyl/N-ethyl adjacent to an activating group) is 1. The molecule has 4 nitrogen and oxygen atoms in total. The lowest BCUT2D eigenvalue weighted by atomic mass is 10.0. The predicted molar refractivity (Wildman–Crippen MR) is 53.3 cm³/mol. The summed E-state index contributed by atoms with van der Waals surface area (Å²) in [5.74, 6) is -0.839. The average molecular weight is 201 g/mol. The summed E-state index contributed by atoms with van der Waals surface area (Å²) in [6, 6.07) is 0.197. The minimum absolute atomic E-state index is 0.183. The maximum absolute atomic E-state index is 10.9. The Morgan fingerprint density at radius 2 is 2.29 bits per heavy atom. The molecule has 0 bridgehead atoms. The molecule has 0 aliphatic heterocycles. The van der Waals surface area contributed by atoms with Gasteiger partial charge in [0.1, 0.15) is 0 Å². The highest BCUT2D eigenvalue weighted by Crippen LogP contribution is 2.29. The fourth-order valence-electron chi connectivity index (χ4n) is 2.16. The summed E-state index contributed by atoms with van der Waals surface area (Å²) < 4.78 is 4.98. The van der Waals surface area contributed by atoms with Gasteiger partial charge in [-0.1, -0.05) is 6.42 Å². The normalized spacial score (nSPS) is 27.1. The third kappa shape index (κ3) is 2.69. The number of nitrogens with zero attached hydrogens (tertiary/aromatic N) is 1. The van der Waals surface area contributed by atoms with E-state index in [2.05, 4.69) is 4.90 Å². The molecule has 2 unspecified atom stereocenters. The molecule has 14 heavy (non-hydrogen) atoms. The van der Waals surface area contributed by atoms with Gasteiger partial charge in [-0.15, -0.1) is 0 Å². The second-order valence-electron chi connectivity index (χ2n) is 3.92. The van der Waals surface area contributed by atoms with Crippen LogP contribution in [0, 0.1) is 5.92 Å². The first-order valence-electron chi connectivity index (χ1n) is 5.08. The molecule has 1 saturated carbocycles. The van der Waals surface area contributed by atoms with E-state index in [1.165, 1.54) is 0 Å². The molecule has 0 saturated heterocycles. The van der Waals surface area contributed by atoms with Crippen molar-refractivity contribution in [1.82, 2.24) is 4.90 Å². The molecule has 1 N–H and O–H groups in total. The van der Waals surface area contributed by atoms with E-state index >= 15 is 0 Å². The van der Waals surface area contributed by atoms with Gasteiger partial charge in [-0.25, -0.2) is 0 Å². The Hall–Kier alpha value is -0.610. The van der Waals surface area contributed by atoms with Crippen LogP contribution in [0.2, 0.25) is 0 Å². The van der Waals surface area contributed by atoms with Crippen LogP contribution in [0.1, 0.15) is 19.3 Å². The van der Waals surface area contributed by atoms with Crippen molar-refractivity contribution in [2.24, 2.45) is 5.92 Å². The van der Waals surface area contributed by atoms with Crippen LogP contribution < -0.4 is 0 Å². The van der Waals surface area contributed by atoms with Crippen LogP contribution in [0.25, 0.3) is 0 Å². The summed E-state index contributed by atoms with van der Waals surface area (Å²) in [7, 11) is 3.64. The van der Waals surface area contributed by atoms with Crippen molar-refractivity contribution < 1.29 is 14.6 Å². The monoisotopic (exact) mass is 201 g/mol. The van der Waals surface area contributed by atoms with Crippen LogP contribution >= 0.6 is 0 Å². The molecule has 1 aliphatic carbocycles. The molecule has 82 valence electrons. The zero-order chi connectivity index (χ0) is 10.6. The SMILES string of the molecule is COCCN(C)C1CCCC1C(=O)O. The number of methoxy groups -OCH3 is 1. The van der Waals surface area contributed by atoms with Crippen molar-refractivity contribution in [3.8, 4) is 0 Å². The lowest BCUT2D eigenvalue weighted by Crippen LogP contribution is -2.39. The number of carboxylic acid groups (broad SMARTS) is 1. The van der Waals surface area contributed by atoms with Gasteiger partial charge in [0, 0.05) is 19.7 Å². The second kappa shape index (κ2) is 5.32. The molecular formula is C10H19NO3. The Kier molecular flexibility index (Phi) is 4.35. The number of hydrogen-bond acceptors (Lipinski definition) is 3. The number of aliphatic carboxylic acids is 1. The molecule has 0 aromatic heterocycles. The minimum Gasteiger partial charge on any atom is -0.481 e. The van der Waals surface area contributed by atoms with Crippen LogP contribution in [0.4, 0.5) is 0 Å². The minimum atomic E-state index is -0.656. The lowest BCUT2D eigenvalue weighted by Gasteiger charge is -2.27. The van der Waals surface area contributed by atoms with Gasteiger partial charge in [0.2, 0.25) is 0 Å². The number of ether oxygens (including phenoxy) is 1. The van der Waals surface area contributed by atoms with Gasteiger partial charge >= 0.3 is 5.97 Å². The van der Waals surface area contributed by atoms with E-state index in [0.717, 1.165) is 25.8 Å². The van der Waals surface area contributed by atoms with E-state index in [0.29, 0.717) is 6.61 Å². The molecule has 4 heteroatoms. The van der Waals surface area contributed by atoms with E-state index in [4.69, 9.17) is 9.84 Å². The van der Waals surface area contributed by atoms with Crippen LogP contribution in [-0.4, -0.2) is 49.3 Å². The van der Waals surface area contributed by atoms with E-state index in [1.807, 2.05) is 7.05 Å². The molecule has 0 aromatic rings. The maximum Gasteiger partial charge on any atom is 0.308 e. The molecule has 0 radical (unpaired) electrons. The van der Waals surface area contributed by atoms with E-state index in [-0.39, 0.29) is 12.0 Å². The molecule has 0 heterocycles. The molecule has 0 aromatic carbocycles. The Bertz CT molecular complexity index is 196. The topological polar surface area (TPSA) is 49.8 Å². The number of carbonyl (C=O) groups is 1. The highest BCUT2D eigenvalue weighted by atomic mass is 16.5. The highest BCUT2D eigenvalue weighted by Gasteiger charge is 2.35. The zero-order valence-corrected chi connectivity index (χ0v) is 8.90. The number of rotatable bonds is 5. The van der Waals surface area contributed by atoms with Gasteiger partial charge in [-0.05, 0) is 19.9 Å². The molecule has 2 atom stereocenters. The van der Waals surface area contributed by atoms with Crippen molar-refractivity contribution in [3.05, 3.63) is 0 Å². The highest BCUT2D eigenvalue weighted by molar-refractivity contribution is 5.71. The molecule has 0 amide bonds. The van der Waals surface area contributed by atoms with Crippen LogP contribution in [0.5, 0.6) is 0 Å². The van der Waals surface area contributed by atoms with E-state index < -0.39 is 5.97 Å². The molecule has 1 rings (SSSR count). The smallest absolute Gasteiger partial charge is 0.308 e. The summed E-state index contributed by atoms with van der Waals surface area (Å²) in [5.41, 5.74) is 0. The lowest BCUT2D eigenvalue weighted by molar-refractivity contribution is -0.143. The van der Waals surface area contributed by atoms with Crippen molar-refractivity contribution in [2.45, 2.75) is 25.3 Å². The maximum atomic E-state index is 10.9. The first kappa shape index (κ1) is 11.5. The van der Waals surface area contributed by atoms with Crippen LogP contribution in [-0.2, 0) is 9.53 Å². The van der Waals surface area contributed by atoms with Crippen molar-refractivity contribution in [2.75, 3.05) is 27.3 Å². The summed E-state index contributed by atoms with van der Waals surface area (Å²) >= 11 is 0. The summed E-state index contributed by atoms with van der Waals surface area (Å²) in [4.78, 5) is 13.0. The molecule has 1 aliphatic rings. The van der Waals surface area contributed by atoms with Gasteiger partial charge in [0.05, 0.1) is 12.5 Å². The standard InChI is InChI=1S/C10H19NO3/c1-11(6-7-14-2)9-5-3-4-8(9)10(12)13/h8-9H,3-7H2,1-2H3,(H,12,13). The summed E-state index contributed by atoms with van der Waals surface area (Å²) in [6.07, 6.45) is 2.84. The predicted octanol–water partition coefficient (Wildman–Crippen LogP) is 0.818. The van der Waals surface area contributed by atoms with E-state index in [1.54, 1.807) is 7.11 Å². The van der Waals surface area contributed by atoms with Crippen molar-refractivity contribution in [1.29, 1.82) is 0 Å². The summed E-state index contributed by atoms with van der Waals surface area (Å²) in [6.45, 7) is 1.48. The van der Waals surface area contributed by atoms with Gasteiger partial charge in [-0.3, -0.25) is 4.79 Å². The Morgan fingerprint density at radius 1 is 1.57 bits per heavy atom. The first-order valence-corrected chi connectivity index (χ1v) is 5.08. The molecular weight excluding hydrogens is 182 g/mol. The first-order chi connectivity index (χ1) is 6.66. The van der Waals surface area contributed by atoms with Crippen molar-refractivity contribution in [3.63, 3.8) is 0 Å². The number of carboxylic acids is 1. The van der Waals surface area contributed by atoms with Gasteiger partial charge < -0.3 is 14.7 Å². The van der Waals surface area contributed by atoms with Gasteiger partial charge in [0.15, 0.2) is 0 Å². The zero-order valence-electron chi connectivity index (χ0n) is 8.90. The molecule has 1 fully saturated rings. The quantitative estimate of drug-likeness (QED) is 0.715. The van der Waals surface area contributed by atoms with Crippen LogP contribution in [0.3, 0.4) is 0 Å². The fourth-order valence-corrected chi connectivity index (χ4v) is 2.16. The largest absolute Gasteiger partial charge is 0.481 e. The van der Waals surface area contributed by atoms with E-state index in [9.17, 15) is 4.79 Å². The Balaban J connectivity index is 2.44. The fraction of sp³-hybridized carbons (Fsp3) is 0.900. The summed E-state index contributed by atoms with van der Waals surface area (Å²) in [5, 5.41) is 9.00.